The standard InChI is InChI=1S/C29H47F3N5O4P/c1-25(21-37-23-36-26-27(33)34-22-35-28(26)37)40-24-42(38,39)41-20-18-16-14-12-10-8-6-4-2-3-5-7-9-11-13-15-17-19-29(30,31)32/h22-23,25H,2-16,18,20-21,24H2,1H3,(H,38,39)(H2,33,34,35). The van der Waals surface area contributed by atoms with Gasteiger partial charge in [-0.25, -0.2) is 15.0 Å². The first kappa shape index (κ1) is 36.0. The Hall–Kier alpha value is -2.19. The van der Waals surface area contributed by atoms with E-state index in [2.05, 4.69) is 20.9 Å². The smallest absolute Gasteiger partial charge is 0.382 e. The van der Waals surface area contributed by atoms with Crippen molar-refractivity contribution in [1.29, 1.82) is 0 Å². The third-order valence-electron chi connectivity index (χ3n) is 6.87. The molecule has 2 aromatic rings. The number of rotatable bonds is 23. The van der Waals surface area contributed by atoms with Crippen molar-refractivity contribution in [1.82, 2.24) is 19.5 Å². The molecule has 9 nitrogen and oxygen atoms in total. The number of ether oxygens (including phenoxy) is 1. The summed E-state index contributed by atoms with van der Waals surface area (Å²) in [5.74, 6) is 3.80. The Morgan fingerprint density at radius 3 is 2.05 bits per heavy atom. The number of hydrogen-bond donors (Lipinski definition) is 2. The fourth-order valence-corrected chi connectivity index (χ4v) is 5.54. The number of nitrogens with zero attached hydrogens (tertiary/aromatic N) is 4. The number of anilines is 1. The van der Waals surface area contributed by atoms with Crippen molar-refractivity contribution in [3.05, 3.63) is 12.7 Å². The monoisotopic (exact) mass is 617 g/mol. The molecule has 42 heavy (non-hydrogen) atoms. The molecule has 3 N–H and O–H groups in total. The maximum atomic E-state index is 12.3. The molecular formula is C29H47F3N5O4P. The zero-order chi connectivity index (χ0) is 30.7. The summed E-state index contributed by atoms with van der Waals surface area (Å²) in [5, 5.41) is 0. The molecule has 13 heteroatoms. The Morgan fingerprint density at radius 1 is 0.929 bits per heavy atom. The number of nitrogen functional groups attached to an aromatic ring is 1. The zero-order valence-electron chi connectivity index (χ0n) is 24.8. The van der Waals surface area contributed by atoms with E-state index >= 15 is 0 Å². The molecule has 238 valence electrons. The van der Waals surface area contributed by atoms with Gasteiger partial charge in [-0.2, -0.15) is 13.2 Å². The van der Waals surface area contributed by atoms with E-state index in [1.165, 1.54) is 57.2 Å². The number of alkyl halides is 3. The van der Waals surface area contributed by atoms with E-state index in [1.54, 1.807) is 17.8 Å². The molecule has 0 aliphatic rings. The average molecular weight is 618 g/mol. The van der Waals surface area contributed by atoms with Crippen LogP contribution < -0.4 is 5.73 Å². The van der Waals surface area contributed by atoms with Gasteiger partial charge in [0, 0.05) is 12.3 Å². The SMILES string of the molecule is CC(Cn1cnc2c(N)ncnc21)OCP(=O)(O)OCCCCCCCCCCCCCCCCCC#CC(F)(F)F. The normalized spacial score (nSPS) is 14.0. The van der Waals surface area contributed by atoms with Crippen LogP contribution in [0.5, 0.6) is 0 Å². The Balaban J connectivity index is 1.36. The van der Waals surface area contributed by atoms with Crippen molar-refractivity contribution in [2.24, 2.45) is 0 Å². The summed E-state index contributed by atoms with van der Waals surface area (Å²) in [4.78, 5) is 22.4. The molecule has 2 unspecified atom stereocenters. The number of aromatic nitrogens is 4. The highest BCUT2D eigenvalue weighted by Crippen LogP contribution is 2.42. The summed E-state index contributed by atoms with van der Waals surface area (Å²) in [7, 11) is -3.82. The van der Waals surface area contributed by atoms with E-state index in [0.717, 1.165) is 51.4 Å². The quantitative estimate of drug-likeness (QED) is 0.0736. The third-order valence-corrected chi connectivity index (χ3v) is 7.94. The van der Waals surface area contributed by atoms with Crippen molar-refractivity contribution < 1.29 is 31.9 Å². The highest BCUT2D eigenvalue weighted by atomic mass is 31.2. The fourth-order valence-electron chi connectivity index (χ4n) is 4.60. The molecule has 0 aliphatic heterocycles. The highest BCUT2D eigenvalue weighted by molar-refractivity contribution is 7.52. The Morgan fingerprint density at radius 2 is 1.48 bits per heavy atom. The van der Waals surface area contributed by atoms with Crippen LogP contribution in [0.1, 0.15) is 110 Å². The summed E-state index contributed by atoms with van der Waals surface area (Å²) in [6.07, 6.45) is 14.6. The summed E-state index contributed by atoms with van der Waals surface area (Å²) in [6, 6.07) is 0. The van der Waals surface area contributed by atoms with Gasteiger partial charge in [-0.3, -0.25) is 4.57 Å². The summed E-state index contributed by atoms with van der Waals surface area (Å²) < 4.78 is 60.6. The predicted molar refractivity (Wildman–Crippen MR) is 159 cm³/mol. The molecule has 0 radical (unpaired) electrons. The van der Waals surface area contributed by atoms with Gasteiger partial charge in [0.2, 0.25) is 0 Å². The average Bonchev–Trinajstić information content (AvgIpc) is 3.34. The fraction of sp³-hybridized carbons (Fsp3) is 0.759. The summed E-state index contributed by atoms with van der Waals surface area (Å²) >= 11 is 0. The van der Waals surface area contributed by atoms with Crippen LogP contribution >= 0.6 is 7.60 Å². The highest BCUT2D eigenvalue weighted by Gasteiger charge is 2.23. The minimum Gasteiger partial charge on any atom is -0.382 e. The number of imidazole rings is 1. The van der Waals surface area contributed by atoms with Crippen LogP contribution in [-0.4, -0.2) is 49.6 Å². The van der Waals surface area contributed by atoms with Gasteiger partial charge >= 0.3 is 13.8 Å². The van der Waals surface area contributed by atoms with Gasteiger partial charge < -0.3 is 24.5 Å². The van der Waals surface area contributed by atoms with E-state index in [-0.39, 0.29) is 19.1 Å². The van der Waals surface area contributed by atoms with E-state index in [1.807, 2.05) is 0 Å². The van der Waals surface area contributed by atoms with Crippen LogP contribution in [0.3, 0.4) is 0 Å². The van der Waals surface area contributed by atoms with Gasteiger partial charge in [0.05, 0.1) is 25.6 Å². The summed E-state index contributed by atoms with van der Waals surface area (Å²) in [5.41, 5.74) is 6.89. The van der Waals surface area contributed by atoms with Crippen LogP contribution in [0.15, 0.2) is 12.7 Å². The first-order valence-corrected chi connectivity index (χ1v) is 16.9. The largest absolute Gasteiger partial charge is 0.457 e. The Bertz CT molecular complexity index is 1140. The zero-order valence-corrected chi connectivity index (χ0v) is 25.7. The summed E-state index contributed by atoms with van der Waals surface area (Å²) in [6.45, 7) is 2.43. The predicted octanol–water partition coefficient (Wildman–Crippen LogP) is 7.78. The number of hydrogen-bond acceptors (Lipinski definition) is 7. The van der Waals surface area contributed by atoms with Gasteiger partial charge in [-0.1, -0.05) is 89.4 Å². The maximum Gasteiger partial charge on any atom is 0.457 e. The molecule has 2 aromatic heterocycles. The molecule has 0 aromatic carbocycles. The first-order valence-electron chi connectivity index (χ1n) is 15.1. The van der Waals surface area contributed by atoms with Crippen molar-refractivity contribution in [2.75, 3.05) is 18.7 Å². The topological polar surface area (TPSA) is 125 Å². The Labute approximate surface area is 247 Å². The van der Waals surface area contributed by atoms with E-state index in [4.69, 9.17) is 15.0 Å². The number of unbranched alkanes of at least 4 members (excludes halogenated alkanes) is 15. The second-order valence-corrected chi connectivity index (χ2v) is 12.5. The lowest BCUT2D eigenvalue weighted by Crippen LogP contribution is -2.17. The Kier molecular flexibility index (Phi) is 17.1. The molecule has 0 bridgehead atoms. The number of nitrogens with two attached hydrogens (primary N) is 1. The van der Waals surface area contributed by atoms with Crippen LogP contribution in [0.2, 0.25) is 0 Å². The maximum absolute atomic E-state index is 12.3. The van der Waals surface area contributed by atoms with Crippen molar-refractivity contribution in [3.8, 4) is 11.8 Å². The van der Waals surface area contributed by atoms with Crippen LogP contribution in [-0.2, 0) is 20.4 Å². The third kappa shape index (κ3) is 16.4. The molecule has 0 aliphatic carbocycles. The number of halogens is 3. The second kappa shape index (κ2) is 19.9. The minimum absolute atomic E-state index is 0.236. The van der Waals surface area contributed by atoms with Crippen LogP contribution in [0.4, 0.5) is 19.0 Å². The minimum atomic E-state index is -4.37. The molecule has 0 spiro atoms. The lowest BCUT2D eigenvalue weighted by Gasteiger charge is -2.17. The first-order chi connectivity index (χ1) is 20.1. The van der Waals surface area contributed by atoms with Gasteiger partial charge in [0.25, 0.3) is 0 Å². The molecular weight excluding hydrogens is 570 g/mol. The van der Waals surface area contributed by atoms with E-state index < -0.39 is 13.8 Å². The molecule has 2 atom stereocenters. The number of fused-ring (bicyclic) bond motifs is 1. The van der Waals surface area contributed by atoms with Crippen molar-refractivity contribution >= 4 is 24.6 Å². The second-order valence-electron chi connectivity index (χ2n) is 10.8. The lowest BCUT2D eigenvalue weighted by molar-refractivity contribution is -0.0697. The van der Waals surface area contributed by atoms with E-state index in [9.17, 15) is 22.6 Å². The van der Waals surface area contributed by atoms with Crippen LogP contribution in [0.25, 0.3) is 11.2 Å². The molecule has 0 saturated heterocycles. The van der Waals surface area contributed by atoms with Gasteiger partial charge in [-0.05, 0) is 19.8 Å². The van der Waals surface area contributed by atoms with Crippen molar-refractivity contribution in [3.63, 3.8) is 0 Å². The molecule has 2 rings (SSSR count). The molecule has 0 amide bonds. The molecule has 0 fully saturated rings. The van der Waals surface area contributed by atoms with Gasteiger partial charge in [0.15, 0.2) is 11.5 Å². The molecule has 0 saturated carbocycles. The van der Waals surface area contributed by atoms with E-state index in [0.29, 0.717) is 29.9 Å². The molecule has 2 heterocycles. The lowest BCUT2D eigenvalue weighted by atomic mass is 10.0. The van der Waals surface area contributed by atoms with Gasteiger partial charge in [-0.15, -0.1) is 0 Å². The van der Waals surface area contributed by atoms with Crippen molar-refractivity contribution in [2.45, 2.75) is 128 Å². The van der Waals surface area contributed by atoms with Gasteiger partial charge in [0.1, 0.15) is 18.2 Å². The van der Waals surface area contributed by atoms with Crippen LogP contribution in [0, 0.1) is 11.8 Å².